The van der Waals surface area contributed by atoms with Gasteiger partial charge in [0, 0.05) is 16.1 Å². The number of hydrogen-bond acceptors (Lipinski definition) is 1. The van der Waals surface area contributed by atoms with Crippen LogP contribution in [0, 0.1) is 5.41 Å². The summed E-state index contributed by atoms with van der Waals surface area (Å²) in [6, 6.07) is 22.3. The molecule has 0 radical (unpaired) electrons. The van der Waals surface area contributed by atoms with Gasteiger partial charge >= 0.3 is 0 Å². The molecule has 0 aliphatic heterocycles. The lowest BCUT2D eigenvalue weighted by Crippen LogP contribution is -2.35. The van der Waals surface area contributed by atoms with Crippen LogP contribution in [0.1, 0.15) is 77.3 Å². The number of alkyl halides is 2. The summed E-state index contributed by atoms with van der Waals surface area (Å²) < 4.78 is 6.53. The van der Waals surface area contributed by atoms with E-state index in [2.05, 4.69) is 120 Å². The second kappa shape index (κ2) is 13.2. The first-order valence-electron chi connectivity index (χ1n) is 11.8. The highest BCUT2D eigenvalue weighted by Crippen LogP contribution is 2.42. The van der Waals surface area contributed by atoms with Gasteiger partial charge in [-0.15, -0.1) is 0 Å². The molecule has 0 saturated heterocycles. The number of hydrogen-bond donors (Lipinski definition) is 0. The number of rotatable bonds is 13. The van der Waals surface area contributed by atoms with E-state index in [1.807, 2.05) is 0 Å². The van der Waals surface area contributed by atoms with Crippen molar-refractivity contribution >= 4 is 31.9 Å². The molecule has 0 saturated carbocycles. The average molecular weight is 552 g/mol. The Bertz CT molecular complexity index is 680. The van der Waals surface area contributed by atoms with Crippen molar-refractivity contribution in [2.45, 2.75) is 83.8 Å². The van der Waals surface area contributed by atoms with Crippen LogP contribution in [0.2, 0.25) is 0 Å². The third kappa shape index (κ3) is 7.72. The van der Waals surface area contributed by atoms with Crippen molar-refractivity contribution in [2.24, 2.45) is 5.41 Å². The molecule has 0 heterocycles. The Kier molecular flexibility index (Phi) is 11.3. The monoisotopic (exact) mass is 550 g/mol. The molecule has 2 aromatic carbocycles. The summed E-state index contributed by atoms with van der Waals surface area (Å²) in [7, 11) is 0. The van der Waals surface area contributed by atoms with E-state index in [1.54, 1.807) is 0 Å². The number of unbranched alkanes of at least 4 members (excludes halogenated alkanes) is 1. The van der Waals surface area contributed by atoms with Crippen molar-refractivity contribution in [3.8, 4) is 0 Å². The molecule has 3 heteroatoms. The Morgan fingerprint density at radius 2 is 1.26 bits per heavy atom. The van der Waals surface area contributed by atoms with E-state index in [4.69, 9.17) is 4.74 Å². The van der Waals surface area contributed by atoms with Gasteiger partial charge in [0.15, 0.2) is 0 Å². The third-order valence-corrected chi connectivity index (χ3v) is 7.79. The molecular weight excluding hydrogens is 512 g/mol. The molecule has 0 aliphatic rings. The van der Waals surface area contributed by atoms with Crippen LogP contribution in [0.15, 0.2) is 60.7 Å². The van der Waals surface area contributed by atoms with Gasteiger partial charge in [0.05, 0.1) is 12.2 Å². The van der Waals surface area contributed by atoms with Gasteiger partial charge in [-0.25, -0.2) is 0 Å². The van der Waals surface area contributed by atoms with Crippen molar-refractivity contribution in [1.29, 1.82) is 0 Å². The average Bonchev–Trinajstić information content (AvgIpc) is 2.79. The summed E-state index contributed by atoms with van der Waals surface area (Å²) in [5.74, 6) is 0. The quantitative estimate of drug-likeness (QED) is 0.226. The highest BCUT2D eigenvalue weighted by molar-refractivity contribution is 9.09. The summed E-state index contributed by atoms with van der Waals surface area (Å²) >= 11 is 7.21. The van der Waals surface area contributed by atoms with Gasteiger partial charge in [-0.05, 0) is 42.2 Å². The van der Waals surface area contributed by atoms with Crippen LogP contribution in [0.4, 0.5) is 0 Å². The number of ether oxygens (including phenoxy) is 1. The Morgan fingerprint density at radius 1 is 0.774 bits per heavy atom. The SMILES string of the molecule is CCCCC(CCCC(OC(CBr)CBr)C(C)(C)C)(c1ccccc1)c1ccccc1. The molecule has 31 heavy (non-hydrogen) atoms. The fourth-order valence-electron chi connectivity index (χ4n) is 4.50. The maximum atomic E-state index is 6.53. The number of halogens is 2. The molecule has 0 amide bonds. The third-order valence-electron chi connectivity index (χ3n) is 6.35. The second-order valence-electron chi connectivity index (χ2n) is 9.73. The largest absolute Gasteiger partial charge is 0.373 e. The Morgan fingerprint density at radius 3 is 1.68 bits per heavy atom. The number of benzene rings is 2. The minimum Gasteiger partial charge on any atom is -0.373 e. The summed E-state index contributed by atoms with van der Waals surface area (Å²) in [5.41, 5.74) is 3.07. The van der Waals surface area contributed by atoms with Gasteiger partial charge in [0.1, 0.15) is 0 Å². The van der Waals surface area contributed by atoms with E-state index < -0.39 is 0 Å². The van der Waals surface area contributed by atoms with Crippen LogP contribution in [-0.4, -0.2) is 22.9 Å². The molecule has 0 fully saturated rings. The lowest BCUT2D eigenvalue weighted by Gasteiger charge is -2.38. The maximum Gasteiger partial charge on any atom is 0.0772 e. The molecule has 0 spiro atoms. The Hall–Kier alpha value is -0.640. The Labute approximate surface area is 207 Å². The highest BCUT2D eigenvalue weighted by atomic mass is 79.9. The first kappa shape index (κ1) is 26.6. The van der Waals surface area contributed by atoms with Crippen LogP contribution < -0.4 is 0 Å². The van der Waals surface area contributed by atoms with E-state index in [0.717, 1.165) is 29.9 Å². The first-order valence-corrected chi connectivity index (χ1v) is 14.0. The first-order chi connectivity index (χ1) is 14.9. The molecule has 2 aromatic rings. The van der Waals surface area contributed by atoms with Crippen LogP contribution in [0.3, 0.4) is 0 Å². The topological polar surface area (TPSA) is 9.23 Å². The van der Waals surface area contributed by atoms with Crippen LogP contribution in [0.5, 0.6) is 0 Å². The van der Waals surface area contributed by atoms with E-state index in [9.17, 15) is 0 Å². The summed E-state index contributed by atoms with van der Waals surface area (Å²) in [4.78, 5) is 0. The molecule has 172 valence electrons. The van der Waals surface area contributed by atoms with E-state index >= 15 is 0 Å². The standard InChI is InChI=1S/C28H40Br2O/c1-5-6-19-28(23-14-9-7-10-15-23,24-16-11-8-12-17-24)20-13-18-26(27(2,3)4)31-25(21-29)22-30/h7-12,14-17,25-26H,5-6,13,18-22H2,1-4H3. The molecular formula is C28H40Br2O. The predicted molar refractivity (Wildman–Crippen MR) is 143 cm³/mol. The molecule has 1 nitrogen and oxygen atoms in total. The molecule has 2 rings (SSSR count). The minimum absolute atomic E-state index is 0.0607. The van der Waals surface area contributed by atoms with Gasteiger partial charge < -0.3 is 4.74 Å². The lowest BCUT2D eigenvalue weighted by molar-refractivity contribution is -0.0530. The fraction of sp³-hybridized carbons (Fsp3) is 0.571. The zero-order valence-corrected chi connectivity index (χ0v) is 22.9. The van der Waals surface area contributed by atoms with Gasteiger partial charge in [0.2, 0.25) is 0 Å². The van der Waals surface area contributed by atoms with Gasteiger partial charge in [0.25, 0.3) is 0 Å². The van der Waals surface area contributed by atoms with E-state index in [-0.39, 0.29) is 23.0 Å². The van der Waals surface area contributed by atoms with Gasteiger partial charge in [-0.3, -0.25) is 0 Å². The van der Waals surface area contributed by atoms with E-state index in [0.29, 0.717) is 0 Å². The van der Waals surface area contributed by atoms with Crippen LogP contribution in [0.25, 0.3) is 0 Å². The molecule has 0 bridgehead atoms. The fourth-order valence-corrected chi connectivity index (χ4v) is 5.88. The van der Waals surface area contributed by atoms with Crippen molar-refractivity contribution < 1.29 is 4.74 Å². The lowest BCUT2D eigenvalue weighted by atomic mass is 9.67. The normalized spacial score (nSPS) is 13.5. The maximum absolute atomic E-state index is 6.53. The van der Waals surface area contributed by atoms with Crippen molar-refractivity contribution in [1.82, 2.24) is 0 Å². The highest BCUT2D eigenvalue weighted by Gasteiger charge is 2.34. The molecule has 1 atom stereocenters. The van der Waals surface area contributed by atoms with Crippen LogP contribution in [-0.2, 0) is 10.2 Å². The van der Waals surface area contributed by atoms with Crippen molar-refractivity contribution in [3.63, 3.8) is 0 Å². The van der Waals surface area contributed by atoms with Crippen molar-refractivity contribution in [2.75, 3.05) is 10.7 Å². The van der Waals surface area contributed by atoms with E-state index in [1.165, 1.54) is 30.4 Å². The zero-order valence-electron chi connectivity index (χ0n) is 19.7. The minimum atomic E-state index is 0.0607. The molecule has 0 N–H and O–H groups in total. The summed E-state index contributed by atoms with van der Waals surface area (Å²) in [6.45, 7) is 9.20. The smallest absolute Gasteiger partial charge is 0.0772 e. The summed E-state index contributed by atoms with van der Waals surface area (Å²) in [6.07, 6.45) is 7.44. The van der Waals surface area contributed by atoms with Gasteiger partial charge in [-0.2, -0.15) is 0 Å². The predicted octanol–water partition coefficient (Wildman–Crippen LogP) is 8.92. The molecule has 0 aromatic heterocycles. The van der Waals surface area contributed by atoms with Gasteiger partial charge in [-0.1, -0.05) is 133 Å². The Balaban J connectivity index is 2.30. The van der Waals surface area contributed by atoms with Crippen molar-refractivity contribution in [3.05, 3.63) is 71.8 Å². The molecule has 1 unspecified atom stereocenters. The van der Waals surface area contributed by atoms with Crippen LogP contribution >= 0.6 is 31.9 Å². The summed E-state index contributed by atoms with van der Waals surface area (Å²) in [5, 5.41) is 1.72. The second-order valence-corrected chi connectivity index (χ2v) is 11.0. The zero-order chi connectivity index (χ0) is 22.7. The molecule has 0 aliphatic carbocycles.